The van der Waals surface area contributed by atoms with Crippen LogP contribution in [0.25, 0.3) is 0 Å². The molecule has 1 aliphatic heterocycles. The Balaban J connectivity index is 1.43. The molecule has 1 saturated heterocycles. The standard InChI is InChI=1S/C22H31ClN6/c1-3-28-12-14-29(15-13-28)21-9-8-18(16-26-21)17-27-22(24-2)25-11-10-19-6-4-5-7-20(19)23/h4-9,16H,3,10-15,17H2,1-2H3,(H2,24,25,27). The molecule has 0 amide bonds. The zero-order valence-corrected chi connectivity index (χ0v) is 18.1. The summed E-state index contributed by atoms with van der Waals surface area (Å²) in [6.07, 6.45) is 2.80. The topological polar surface area (TPSA) is 55.8 Å². The number of rotatable bonds is 7. The van der Waals surface area contributed by atoms with Crippen LogP contribution in [0.3, 0.4) is 0 Å². The Labute approximate surface area is 179 Å². The van der Waals surface area contributed by atoms with Gasteiger partial charge in [0.25, 0.3) is 0 Å². The van der Waals surface area contributed by atoms with Gasteiger partial charge in [0.2, 0.25) is 0 Å². The van der Waals surface area contributed by atoms with E-state index in [0.29, 0.717) is 6.54 Å². The molecular weight excluding hydrogens is 384 g/mol. The molecule has 1 aliphatic rings. The first-order chi connectivity index (χ1) is 14.2. The summed E-state index contributed by atoms with van der Waals surface area (Å²) < 4.78 is 0. The average Bonchev–Trinajstić information content (AvgIpc) is 2.78. The second-order valence-corrected chi connectivity index (χ2v) is 7.55. The quantitative estimate of drug-likeness (QED) is 0.539. The normalized spacial score (nSPS) is 15.4. The van der Waals surface area contributed by atoms with Crippen molar-refractivity contribution in [2.24, 2.45) is 4.99 Å². The summed E-state index contributed by atoms with van der Waals surface area (Å²) in [6, 6.07) is 12.2. The SMILES string of the molecule is CCN1CCN(c2ccc(CNC(=NC)NCCc3ccccc3Cl)cn2)CC1. The summed E-state index contributed by atoms with van der Waals surface area (Å²) in [4.78, 5) is 13.8. The van der Waals surface area contributed by atoms with Crippen molar-refractivity contribution in [1.82, 2.24) is 20.5 Å². The number of pyridine rings is 1. The highest BCUT2D eigenvalue weighted by Crippen LogP contribution is 2.15. The zero-order valence-electron chi connectivity index (χ0n) is 17.4. The van der Waals surface area contributed by atoms with E-state index in [1.807, 2.05) is 24.4 Å². The van der Waals surface area contributed by atoms with Crippen LogP contribution in [0, 0.1) is 0 Å². The van der Waals surface area contributed by atoms with Crippen LogP contribution in [0.5, 0.6) is 0 Å². The smallest absolute Gasteiger partial charge is 0.191 e. The van der Waals surface area contributed by atoms with Crippen LogP contribution in [0.2, 0.25) is 5.02 Å². The van der Waals surface area contributed by atoms with Gasteiger partial charge in [-0.05, 0) is 36.2 Å². The van der Waals surface area contributed by atoms with Crippen molar-refractivity contribution >= 4 is 23.4 Å². The maximum absolute atomic E-state index is 6.21. The van der Waals surface area contributed by atoms with Crippen molar-refractivity contribution in [3.8, 4) is 0 Å². The number of anilines is 1. The van der Waals surface area contributed by atoms with Gasteiger partial charge in [0.1, 0.15) is 5.82 Å². The number of piperazine rings is 1. The van der Waals surface area contributed by atoms with Crippen molar-refractivity contribution < 1.29 is 0 Å². The van der Waals surface area contributed by atoms with E-state index in [9.17, 15) is 0 Å². The molecule has 0 spiro atoms. The number of hydrogen-bond acceptors (Lipinski definition) is 4. The van der Waals surface area contributed by atoms with Crippen LogP contribution in [-0.2, 0) is 13.0 Å². The number of aliphatic imine (C=N–C) groups is 1. The number of guanidine groups is 1. The van der Waals surface area contributed by atoms with Gasteiger partial charge in [-0.3, -0.25) is 4.99 Å². The fraction of sp³-hybridized carbons (Fsp3) is 0.455. The largest absolute Gasteiger partial charge is 0.356 e. The number of aromatic nitrogens is 1. The Morgan fingerprint density at radius 2 is 1.90 bits per heavy atom. The lowest BCUT2D eigenvalue weighted by molar-refractivity contribution is 0.270. The van der Waals surface area contributed by atoms with Crippen LogP contribution in [-0.4, -0.2) is 62.2 Å². The minimum Gasteiger partial charge on any atom is -0.356 e. The Morgan fingerprint density at radius 1 is 1.10 bits per heavy atom. The Morgan fingerprint density at radius 3 is 2.55 bits per heavy atom. The Bertz CT molecular complexity index is 784. The molecule has 2 aromatic rings. The number of benzene rings is 1. The molecule has 156 valence electrons. The average molecular weight is 415 g/mol. The minimum absolute atomic E-state index is 0.683. The minimum atomic E-state index is 0.683. The van der Waals surface area contributed by atoms with Gasteiger partial charge in [0, 0.05) is 57.5 Å². The van der Waals surface area contributed by atoms with Gasteiger partial charge in [-0.15, -0.1) is 0 Å². The maximum Gasteiger partial charge on any atom is 0.191 e. The van der Waals surface area contributed by atoms with E-state index in [4.69, 9.17) is 11.6 Å². The summed E-state index contributed by atoms with van der Waals surface area (Å²) in [6.45, 7) is 9.10. The third kappa shape index (κ3) is 6.34. The third-order valence-electron chi connectivity index (χ3n) is 5.28. The van der Waals surface area contributed by atoms with Gasteiger partial charge >= 0.3 is 0 Å². The summed E-state index contributed by atoms with van der Waals surface area (Å²) in [5.74, 6) is 1.84. The predicted molar refractivity (Wildman–Crippen MR) is 122 cm³/mol. The lowest BCUT2D eigenvalue weighted by Crippen LogP contribution is -2.46. The van der Waals surface area contributed by atoms with Crippen molar-refractivity contribution in [2.45, 2.75) is 19.9 Å². The highest BCUT2D eigenvalue weighted by molar-refractivity contribution is 6.31. The van der Waals surface area contributed by atoms with Gasteiger partial charge in [0.05, 0.1) is 0 Å². The van der Waals surface area contributed by atoms with Gasteiger partial charge in [-0.1, -0.05) is 42.8 Å². The van der Waals surface area contributed by atoms with Crippen molar-refractivity contribution in [2.75, 3.05) is 51.2 Å². The van der Waals surface area contributed by atoms with E-state index >= 15 is 0 Å². The van der Waals surface area contributed by atoms with E-state index in [2.05, 4.69) is 55.5 Å². The Kier molecular flexibility index (Phi) is 8.14. The molecule has 0 radical (unpaired) electrons. The van der Waals surface area contributed by atoms with E-state index in [-0.39, 0.29) is 0 Å². The molecule has 2 heterocycles. The molecule has 29 heavy (non-hydrogen) atoms. The molecule has 6 nitrogen and oxygen atoms in total. The monoisotopic (exact) mass is 414 g/mol. The van der Waals surface area contributed by atoms with E-state index in [1.54, 1.807) is 7.05 Å². The first-order valence-electron chi connectivity index (χ1n) is 10.3. The lowest BCUT2D eigenvalue weighted by Gasteiger charge is -2.34. The van der Waals surface area contributed by atoms with E-state index in [1.165, 1.54) is 0 Å². The first kappa shape index (κ1) is 21.4. The van der Waals surface area contributed by atoms with Crippen molar-refractivity contribution in [1.29, 1.82) is 0 Å². The molecule has 3 rings (SSSR count). The number of likely N-dealkylation sites (N-methyl/N-ethyl adjacent to an activating group) is 1. The molecule has 7 heteroatoms. The highest BCUT2D eigenvalue weighted by atomic mass is 35.5. The Hall–Kier alpha value is -2.31. The molecule has 1 aromatic carbocycles. The lowest BCUT2D eigenvalue weighted by atomic mass is 10.1. The van der Waals surface area contributed by atoms with Gasteiger partial charge in [-0.25, -0.2) is 4.98 Å². The molecule has 2 N–H and O–H groups in total. The van der Waals surface area contributed by atoms with Gasteiger partial charge in [0.15, 0.2) is 5.96 Å². The molecule has 0 atom stereocenters. The van der Waals surface area contributed by atoms with Crippen LogP contribution in [0.15, 0.2) is 47.6 Å². The fourth-order valence-electron chi connectivity index (χ4n) is 3.42. The maximum atomic E-state index is 6.21. The number of nitrogens with one attached hydrogen (secondary N) is 2. The molecule has 0 saturated carbocycles. The highest BCUT2D eigenvalue weighted by Gasteiger charge is 2.16. The molecule has 0 aliphatic carbocycles. The van der Waals surface area contributed by atoms with Crippen LogP contribution >= 0.6 is 11.6 Å². The van der Waals surface area contributed by atoms with Crippen molar-refractivity contribution in [3.05, 3.63) is 58.7 Å². The van der Waals surface area contributed by atoms with Crippen LogP contribution in [0.4, 0.5) is 5.82 Å². The summed E-state index contributed by atoms with van der Waals surface area (Å²) >= 11 is 6.21. The second-order valence-electron chi connectivity index (χ2n) is 7.14. The molecule has 1 aromatic heterocycles. The summed E-state index contributed by atoms with van der Waals surface area (Å²) in [5.41, 5.74) is 2.27. The summed E-state index contributed by atoms with van der Waals surface area (Å²) in [7, 11) is 1.78. The number of halogens is 1. The fourth-order valence-corrected chi connectivity index (χ4v) is 3.65. The number of hydrogen-bond donors (Lipinski definition) is 2. The molecule has 0 bridgehead atoms. The van der Waals surface area contributed by atoms with Crippen LogP contribution < -0.4 is 15.5 Å². The molecule has 1 fully saturated rings. The predicted octanol–water partition coefficient (Wildman–Crippen LogP) is 2.78. The van der Waals surface area contributed by atoms with Crippen molar-refractivity contribution in [3.63, 3.8) is 0 Å². The van der Waals surface area contributed by atoms with E-state index in [0.717, 1.165) is 73.6 Å². The van der Waals surface area contributed by atoms with Gasteiger partial charge in [-0.2, -0.15) is 0 Å². The summed E-state index contributed by atoms with van der Waals surface area (Å²) in [5, 5.41) is 7.48. The zero-order chi connectivity index (χ0) is 20.5. The number of nitrogens with zero attached hydrogens (tertiary/aromatic N) is 4. The molecular formula is C22H31ClN6. The third-order valence-corrected chi connectivity index (χ3v) is 5.65. The first-order valence-corrected chi connectivity index (χ1v) is 10.7. The second kappa shape index (κ2) is 11.0. The van der Waals surface area contributed by atoms with Crippen LogP contribution in [0.1, 0.15) is 18.1 Å². The van der Waals surface area contributed by atoms with Gasteiger partial charge < -0.3 is 20.4 Å². The van der Waals surface area contributed by atoms with E-state index < -0.39 is 0 Å². The molecule has 0 unspecified atom stereocenters.